The molecule has 20 heavy (non-hydrogen) atoms. The minimum atomic E-state index is -3.67. The average Bonchev–Trinajstić information content (AvgIpc) is 2.76. The van der Waals surface area contributed by atoms with Crippen LogP contribution in [0.3, 0.4) is 0 Å². The maximum absolute atomic E-state index is 12.3. The molecule has 0 unspecified atom stereocenters. The first-order valence-electron chi connectivity index (χ1n) is 5.82. The highest BCUT2D eigenvalue weighted by Gasteiger charge is 2.20. The quantitative estimate of drug-likeness (QED) is 0.903. The molecule has 0 saturated heterocycles. The van der Waals surface area contributed by atoms with Gasteiger partial charge in [0.25, 0.3) is 10.0 Å². The van der Waals surface area contributed by atoms with Crippen molar-refractivity contribution in [3.8, 4) is 0 Å². The maximum Gasteiger partial charge on any atom is 0.263 e. The Hall–Kier alpha value is -1.08. The van der Waals surface area contributed by atoms with Gasteiger partial charge in [-0.05, 0) is 37.6 Å². The van der Waals surface area contributed by atoms with Gasteiger partial charge >= 0.3 is 0 Å². The fourth-order valence-corrected chi connectivity index (χ4v) is 4.46. The lowest BCUT2D eigenvalue weighted by Gasteiger charge is -2.08. The fraction of sp³-hybridized carbons (Fsp3) is 0.231. The molecule has 1 aromatic heterocycles. The van der Waals surface area contributed by atoms with E-state index in [4.69, 9.17) is 16.7 Å². The van der Waals surface area contributed by atoms with Crippen LogP contribution in [0.4, 0.5) is 5.69 Å². The molecule has 1 heterocycles. The molecule has 7 heteroatoms. The molecule has 0 saturated carbocycles. The summed E-state index contributed by atoms with van der Waals surface area (Å²) < 4.78 is 27.1. The van der Waals surface area contributed by atoms with Crippen LogP contribution in [0.25, 0.3) is 0 Å². The Labute approximate surface area is 127 Å². The summed E-state index contributed by atoms with van der Waals surface area (Å²) in [7, 11) is -3.67. The van der Waals surface area contributed by atoms with Gasteiger partial charge in [-0.15, -0.1) is 11.3 Å². The van der Waals surface area contributed by atoms with Gasteiger partial charge < -0.3 is 5.11 Å². The molecule has 0 aliphatic rings. The zero-order chi connectivity index (χ0) is 14.9. The monoisotopic (exact) mass is 331 g/mol. The topological polar surface area (TPSA) is 66.4 Å². The normalized spacial score (nSPS) is 11.6. The van der Waals surface area contributed by atoms with Crippen LogP contribution in [0.2, 0.25) is 5.02 Å². The Kier molecular flexibility index (Phi) is 4.39. The zero-order valence-corrected chi connectivity index (χ0v) is 13.4. The summed E-state index contributed by atoms with van der Waals surface area (Å²) in [5, 5.41) is 9.58. The third kappa shape index (κ3) is 3.15. The van der Waals surface area contributed by atoms with E-state index in [9.17, 15) is 8.42 Å². The van der Waals surface area contributed by atoms with Crippen molar-refractivity contribution in [1.29, 1.82) is 0 Å². The van der Waals surface area contributed by atoms with E-state index in [0.29, 0.717) is 20.5 Å². The molecule has 0 bridgehead atoms. The SMILES string of the molecule is Cc1ccc(NS(=O)(=O)c2cc(CO)sc2C)cc1Cl. The molecular formula is C13H14ClNO3S2. The van der Waals surface area contributed by atoms with Crippen LogP contribution >= 0.6 is 22.9 Å². The van der Waals surface area contributed by atoms with Gasteiger partial charge in [0, 0.05) is 14.8 Å². The summed E-state index contributed by atoms with van der Waals surface area (Å²) in [6.45, 7) is 3.38. The number of aliphatic hydroxyl groups is 1. The number of halogens is 1. The molecule has 1 aromatic carbocycles. The fourth-order valence-electron chi connectivity index (χ4n) is 1.74. The number of benzene rings is 1. The average molecular weight is 332 g/mol. The van der Waals surface area contributed by atoms with E-state index in [1.165, 1.54) is 17.4 Å². The second-order valence-electron chi connectivity index (χ2n) is 4.36. The van der Waals surface area contributed by atoms with Crippen molar-refractivity contribution < 1.29 is 13.5 Å². The van der Waals surface area contributed by atoms with Crippen molar-refractivity contribution in [2.24, 2.45) is 0 Å². The number of hydrogen-bond donors (Lipinski definition) is 2. The standard InChI is InChI=1S/C13H14ClNO3S2/c1-8-3-4-10(5-12(8)14)15-20(17,18)13-6-11(7-16)19-9(13)2/h3-6,15-16H,7H2,1-2H3. The van der Waals surface area contributed by atoms with Gasteiger partial charge in [0.15, 0.2) is 0 Å². The highest BCUT2D eigenvalue weighted by atomic mass is 35.5. The number of aliphatic hydroxyl groups excluding tert-OH is 1. The molecular weight excluding hydrogens is 318 g/mol. The van der Waals surface area contributed by atoms with Crippen LogP contribution in [-0.2, 0) is 16.6 Å². The molecule has 0 spiro atoms. The molecule has 0 aliphatic heterocycles. The van der Waals surface area contributed by atoms with Crippen molar-refractivity contribution in [3.63, 3.8) is 0 Å². The first-order chi connectivity index (χ1) is 9.33. The minimum Gasteiger partial charge on any atom is -0.391 e. The number of aryl methyl sites for hydroxylation is 2. The van der Waals surface area contributed by atoms with Crippen molar-refractivity contribution in [1.82, 2.24) is 0 Å². The number of sulfonamides is 1. The van der Waals surface area contributed by atoms with Gasteiger partial charge in [0.05, 0.1) is 12.3 Å². The summed E-state index contributed by atoms with van der Waals surface area (Å²) >= 11 is 7.24. The van der Waals surface area contributed by atoms with Gasteiger partial charge in [-0.3, -0.25) is 4.72 Å². The molecule has 4 nitrogen and oxygen atoms in total. The van der Waals surface area contributed by atoms with Gasteiger partial charge in [-0.2, -0.15) is 0 Å². The van der Waals surface area contributed by atoms with E-state index in [2.05, 4.69) is 4.72 Å². The molecule has 0 radical (unpaired) electrons. The van der Waals surface area contributed by atoms with Crippen LogP contribution in [0, 0.1) is 13.8 Å². The first kappa shape index (κ1) is 15.3. The van der Waals surface area contributed by atoms with Gasteiger partial charge in [-0.25, -0.2) is 8.42 Å². The largest absolute Gasteiger partial charge is 0.391 e. The highest BCUT2D eigenvalue weighted by Crippen LogP contribution is 2.28. The third-order valence-electron chi connectivity index (χ3n) is 2.79. The Balaban J connectivity index is 2.35. The molecule has 0 fully saturated rings. The van der Waals surface area contributed by atoms with Crippen LogP contribution in [0.1, 0.15) is 15.3 Å². The molecule has 0 amide bonds. The molecule has 108 valence electrons. The van der Waals surface area contributed by atoms with E-state index in [1.54, 1.807) is 25.1 Å². The van der Waals surface area contributed by atoms with Crippen LogP contribution < -0.4 is 4.72 Å². The van der Waals surface area contributed by atoms with E-state index < -0.39 is 10.0 Å². The lowest BCUT2D eigenvalue weighted by molar-refractivity contribution is 0.285. The second-order valence-corrected chi connectivity index (χ2v) is 7.76. The lowest BCUT2D eigenvalue weighted by Crippen LogP contribution is -2.13. The van der Waals surface area contributed by atoms with E-state index in [0.717, 1.165) is 5.56 Å². The Bertz CT molecular complexity index is 738. The van der Waals surface area contributed by atoms with Crippen molar-refractivity contribution >= 4 is 38.6 Å². The molecule has 2 aromatic rings. The number of anilines is 1. The predicted octanol–water partition coefficient (Wildman–Crippen LogP) is 3.31. The van der Waals surface area contributed by atoms with Gasteiger partial charge in [0.1, 0.15) is 4.90 Å². The van der Waals surface area contributed by atoms with Crippen LogP contribution in [0.5, 0.6) is 0 Å². The minimum absolute atomic E-state index is 0.169. The number of rotatable bonds is 4. The van der Waals surface area contributed by atoms with Crippen molar-refractivity contribution in [3.05, 3.63) is 44.6 Å². The third-order valence-corrected chi connectivity index (χ3v) is 5.87. The summed E-state index contributed by atoms with van der Waals surface area (Å²) in [6, 6.07) is 6.47. The first-order valence-corrected chi connectivity index (χ1v) is 8.50. The molecule has 0 aliphatic carbocycles. The Morgan fingerprint density at radius 1 is 1.30 bits per heavy atom. The zero-order valence-electron chi connectivity index (χ0n) is 11.0. The lowest BCUT2D eigenvalue weighted by atomic mass is 10.2. The second kappa shape index (κ2) is 5.73. The highest BCUT2D eigenvalue weighted by molar-refractivity contribution is 7.93. The van der Waals surface area contributed by atoms with E-state index in [1.807, 2.05) is 6.92 Å². The summed E-state index contributed by atoms with van der Waals surface area (Å²) in [5.74, 6) is 0. The van der Waals surface area contributed by atoms with E-state index >= 15 is 0 Å². The number of hydrogen-bond acceptors (Lipinski definition) is 4. The van der Waals surface area contributed by atoms with Crippen molar-refractivity contribution in [2.45, 2.75) is 25.3 Å². The maximum atomic E-state index is 12.3. The van der Waals surface area contributed by atoms with Crippen LogP contribution in [0.15, 0.2) is 29.2 Å². The van der Waals surface area contributed by atoms with Gasteiger partial charge in [0.2, 0.25) is 0 Å². The van der Waals surface area contributed by atoms with Gasteiger partial charge in [-0.1, -0.05) is 17.7 Å². The smallest absolute Gasteiger partial charge is 0.263 e. The van der Waals surface area contributed by atoms with Crippen molar-refractivity contribution in [2.75, 3.05) is 4.72 Å². The summed E-state index contributed by atoms with van der Waals surface area (Å²) in [5.41, 5.74) is 1.29. The number of nitrogens with one attached hydrogen (secondary N) is 1. The molecule has 2 rings (SSSR count). The summed E-state index contributed by atoms with van der Waals surface area (Å²) in [4.78, 5) is 1.44. The Morgan fingerprint density at radius 2 is 2.00 bits per heavy atom. The molecule has 2 N–H and O–H groups in total. The Morgan fingerprint density at radius 3 is 2.55 bits per heavy atom. The number of thiophene rings is 1. The van der Waals surface area contributed by atoms with Crippen LogP contribution in [-0.4, -0.2) is 13.5 Å². The molecule has 0 atom stereocenters. The summed E-state index contributed by atoms with van der Waals surface area (Å²) in [6.07, 6.45) is 0. The van der Waals surface area contributed by atoms with E-state index in [-0.39, 0.29) is 11.5 Å². The predicted molar refractivity (Wildman–Crippen MR) is 82.0 cm³/mol.